The molecule has 0 aliphatic heterocycles. The molecule has 0 bridgehead atoms. The Balaban J connectivity index is 1.68. The van der Waals surface area contributed by atoms with Crippen LogP contribution in [0.5, 0.6) is 11.5 Å². The van der Waals surface area contributed by atoms with Crippen LogP contribution in [0.1, 0.15) is 89.7 Å². The number of hydrogen-bond donors (Lipinski definition) is 0. The maximum atomic E-state index is 13.3. The molecule has 0 N–H and O–H groups in total. The number of unbranched alkanes of at least 4 members (excludes halogenated alkanes) is 4. The molecular formula is C32H42O3. The normalized spacial score (nSPS) is 18.3. The second-order valence-electron chi connectivity index (χ2n) is 9.60. The average molecular weight is 475 g/mol. The summed E-state index contributed by atoms with van der Waals surface area (Å²) in [6, 6.07) is 16.2. The molecule has 0 aromatic heterocycles. The number of hydrogen-bond acceptors (Lipinski definition) is 3. The predicted octanol–water partition coefficient (Wildman–Crippen LogP) is 8.68. The van der Waals surface area contributed by atoms with Crippen LogP contribution in [0.4, 0.5) is 0 Å². The lowest BCUT2D eigenvalue weighted by atomic mass is 9.78. The first-order valence-electron chi connectivity index (χ1n) is 13.5. The second-order valence-corrected chi connectivity index (χ2v) is 9.60. The van der Waals surface area contributed by atoms with E-state index < -0.39 is 0 Å². The Hall–Kier alpha value is -2.81. The molecule has 1 fully saturated rings. The molecule has 1 saturated carbocycles. The van der Waals surface area contributed by atoms with Crippen molar-refractivity contribution < 1.29 is 14.3 Å². The number of carbonyl (C=O) groups is 1. The van der Waals surface area contributed by atoms with Crippen molar-refractivity contribution in [2.75, 3.05) is 13.2 Å². The van der Waals surface area contributed by atoms with Gasteiger partial charge in [0, 0.05) is 11.1 Å². The highest BCUT2D eigenvalue weighted by molar-refractivity contribution is 6.14. The zero-order valence-corrected chi connectivity index (χ0v) is 21.9. The Morgan fingerprint density at radius 3 is 1.49 bits per heavy atom. The van der Waals surface area contributed by atoms with Crippen LogP contribution < -0.4 is 9.47 Å². The molecule has 2 aromatic rings. The van der Waals surface area contributed by atoms with E-state index >= 15 is 0 Å². The van der Waals surface area contributed by atoms with Gasteiger partial charge >= 0.3 is 0 Å². The van der Waals surface area contributed by atoms with E-state index in [1.807, 2.05) is 48.5 Å². The van der Waals surface area contributed by atoms with Gasteiger partial charge in [0.25, 0.3) is 0 Å². The molecule has 1 aliphatic rings. The van der Waals surface area contributed by atoms with Gasteiger partial charge in [-0.3, -0.25) is 4.79 Å². The Morgan fingerprint density at radius 2 is 1.11 bits per heavy atom. The summed E-state index contributed by atoms with van der Waals surface area (Å²) in [5, 5.41) is 0. The van der Waals surface area contributed by atoms with E-state index in [1.165, 1.54) is 25.7 Å². The van der Waals surface area contributed by atoms with Crippen molar-refractivity contribution in [2.24, 2.45) is 5.92 Å². The van der Waals surface area contributed by atoms with Gasteiger partial charge in [-0.25, -0.2) is 0 Å². The van der Waals surface area contributed by atoms with Crippen LogP contribution in [0.25, 0.3) is 12.2 Å². The third kappa shape index (κ3) is 8.72. The van der Waals surface area contributed by atoms with Crippen LogP contribution >= 0.6 is 0 Å². The molecule has 0 heterocycles. The Labute approximate surface area is 212 Å². The van der Waals surface area contributed by atoms with E-state index in [0.29, 0.717) is 5.92 Å². The van der Waals surface area contributed by atoms with Crippen molar-refractivity contribution >= 4 is 17.9 Å². The first-order valence-corrected chi connectivity index (χ1v) is 13.5. The van der Waals surface area contributed by atoms with E-state index in [-0.39, 0.29) is 5.78 Å². The van der Waals surface area contributed by atoms with Gasteiger partial charge in [-0.2, -0.15) is 0 Å². The molecule has 0 spiro atoms. The molecule has 3 heteroatoms. The maximum absolute atomic E-state index is 13.3. The number of carbonyl (C=O) groups excluding carboxylic acids is 1. The summed E-state index contributed by atoms with van der Waals surface area (Å²) in [6.07, 6.45) is 13.8. The zero-order chi connectivity index (χ0) is 24.9. The highest BCUT2D eigenvalue weighted by Crippen LogP contribution is 2.34. The van der Waals surface area contributed by atoms with Gasteiger partial charge in [0.05, 0.1) is 13.2 Å². The van der Waals surface area contributed by atoms with Crippen molar-refractivity contribution in [3.63, 3.8) is 0 Å². The van der Waals surface area contributed by atoms with Crippen molar-refractivity contribution in [1.29, 1.82) is 0 Å². The van der Waals surface area contributed by atoms with Gasteiger partial charge in [-0.15, -0.1) is 0 Å². The quantitative estimate of drug-likeness (QED) is 0.215. The number of ether oxygens (including phenoxy) is 2. The van der Waals surface area contributed by atoms with Crippen LogP contribution in [0.2, 0.25) is 0 Å². The molecular weight excluding hydrogens is 432 g/mol. The minimum Gasteiger partial charge on any atom is -0.494 e. The number of benzene rings is 2. The van der Waals surface area contributed by atoms with Gasteiger partial charge in [-0.1, -0.05) is 77.1 Å². The zero-order valence-electron chi connectivity index (χ0n) is 21.9. The molecule has 0 saturated heterocycles. The number of ketones is 1. The number of allylic oxidation sites excluding steroid dienone is 2. The average Bonchev–Trinajstić information content (AvgIpc) is 2.88. The molecule has 1 aliphatic carbocycles. The van der Waals surface area contributed by atoms with Crippen molar-refractivity contribution in [2.45, 2.75) is 78.6 Å². The fourth-order valence-corrected chi connectivity index (χ4v) is 4.43. The van der Waals surface area contributed by atoms with E-state index in [9.17, 15) is 4.79 Å². The minimum atomic E-state index is 0.175. The summed E-state index contributed by atoms with van der Waals surface area (Å²) >= 11 is 0. The summed E-state index contributed by atoms with van der Waals surface area (Å²) in [5.41, 5.74) is 3.91. The Kier molecular flexibility index (Phi) is 11.1. The first kappa shape index (κ1) is 26.8. The van der Waals surface area contributed by atoms with Crippen LogP contribution in [0, 0.1) is 5.92 Å². The maximum Gasteiger partial charge on any atom is 0.185 e. The standard InChI is InChI=1S/C32H42O3/c1-4-7-9-19-34-30-15-11-26(12-16-30)23-28-21-25(6-3)22-29(32(28)33)24-27-13-17-31(18-14-27)35-20-10-8-5-2/h11-18,23-25H,4-10,19-22H2,1-3H3/b28-23-,29-24+. The van der Waals surface area contributed by atoms with Crippen molar-refractivity contribution in [1.82, 2.24) is 0 Å². The monoisotopic (exact) mass is 474 g/mol. The fourth-order valence-electron chi connectivity index (χ4n) is 4.43. The summed E-state index contributed by atoms with van der Waals surface area (Å²) in [7, 11) is 0. The molecule has 1 atom stereocenters. The highest BCUT2D eigenvalue weighted by atomic mass is 16.5. The third-order valence-corrected chi connectivity index (χ3v) is 6.65. The topological polar surface area (TPSA) is 35.5 Å². The summed E-state index contributed by atoms with van der Waals surface area (Å²) in [4.78, 5) is 13.3. The lowest BCUT2D eigenvalue weighted by Gasteiger charge is -2.25. The number of Topliss-reactive ketones (excluding diaryl/α,β-unsaturated/α-hetero) is 1. The molecule has 0 radical (unpaired) electrons. The molecule has 3 nitrogen and oxygen atoms in total. The Bertz CT molecular complexity index is 889. The molecule has 35 heavy (non-hydrogen) atoms. The number of rotatable bonds is 13. The summed E-state index contributed by atoms with van der Waals surface area (Å²) in [5.74, 6) is 2.45. The lowest BCUT2D eigenvalue weighted by molar-refractivity contribution is -0.113. The summed E-state index contributed by atoms with van der Waals surface area (Å²) < 4.78 is 11.7. The van der Waals surface area contributed by atoms with Gasteiger partial charge in [0.2, 0.25) is 0 Å². The molecule has 188 valence electrons. The van der Waals surface area contributed by atoms with Crippen LogP contribution in [0.15, 0.2) is 59.7 Å². The Morgan fingerprint density at radius 1 is 0.686 bits per heavy atom. The van der Waals surface area contributed by atoms with Gasteiger partial charge in [0.15, 0.2) is 5.78 Å². The summed E-state index contributed by atoms with van der Waals surface area (Å²) in [6.45, 7) is 8.11. The predicted molar refractivity (Wildman–Crippen MR) is 147 cm³/mol. The molecule has 0 amide bonds. The van der Waals surface area contributed by atoms with E-state index in [2.05, 4.69) is 32.9 Å². The SMILES string of the molecule is CCCCCOc1ccc(/C=C2/CC(CC)C/C(=C\c3ccc(OCCCCC)cc3)C2=O)cc1. The molecule has 3 rings (SSSR count). The second kappa shape index (κ2) is 14.6. The molecule has 2 aromatic carbocycles. The first-order chi connectivity index (χ1) is 17.1. The largest absolute Gasteiger partial charge is 0.494 e. The van der Waals surface area contributed by atoms with E-state index in [0.717, 1.165) is 79.1 Å². The third-order valence-electron chi connectivity index (χ3n) is 6.65. The van der Waals surface area contributed by atoms with Gasteiger partial charge < -0.3 is 9.47 Å². The van der Waals surface area contributed by atoms with Crippen molar-refractivity contribution in [3.05, 3.63) is 70.8 Å². The van der Waals surface area contributed by atoms with Crippen LogP contribution in [-0.4, -0.2) is 19.0 Å². The fraction of sp³-hybridized carbons (Fsp3) is 0.469. The smallest absolute Gasteiger partial charge is 0.185 e. The minimum absolute atomic E-state index is 0.175. The van der Waals surface area contributed by atoms with Gasteiger partial charge in [-0.05, 0) is 79.1 Å². The van der Waals surface area contributed by atoms with Crippen LogP contribution in [-0.2, 0) is 4.79 Å². The molecule has 1 unspecified atom stereocenters. The lowest BCUT2D eigenvalue weighted by Crippen LogP contribution is -2.19. The van der Waals surface area contributed by atoms with E-state index in [1.54, 1.807) is 0 Å². The van der Waals surface area contributed by atoms with Crippen molar-refractivity contribution in [3.8, 4) is 11.5 Å². The van der Waals surface area contributed by atoms with E-state index in [4.69, 9.17) is 9.47 Å². The van der Waals surface area contributed by atoms with Gasteiger partial charge in [0.1, 0.15) is 11.5 Å². The van der Waals surface area contributed by atoms with Crippen LogP contribution in [0.3, 0.4) is 0 Å². The highest BCUT2D eigenvalue weighted by Gasteiger charge is 2.26.